The zero-order valence-corrected chi connectivity index (χ0v) is 10.4. The molecular weight excluding hydrogens is 283 g/mol. The van der Waals surface area contributed by atoms with Gasteiger partial charge < -0.3 is 14.9 Å². The van der Waals surface area contributed by atoms with Crippen molar-refractivity contribution in [1.29, 1.82) is 0 Å². The van der Waals surface area contributed by atoms with Gasteiger partial charge in [0.05, 0.1) is 0 Å². The van der Waals surface area contributed by atoms with Crippen molar-refractivity contribution in [2.75, 3.05) is 5.73 Å². The van der Waals surface area contributed by atoms with Crippen LogP contribution in [0, 0.1) is 12.7 Å². The van der Waals surface area contributed by atoms with Crippen LogP contribution in [0.1, 0.15) is 5.89 Å². The topological polar surface area (TPSA) is 74.2 Å². The van der Waals surface area contributed by atoms with Gasteiger partial charge in [0.2, 0.25) is 5.89 Å². The van der Waals surface area contributed by atoms with Crippen LogP contribution in [0.25, 0.3) is 0 Å². The molecule has 0 aliphatic rings. The van der Waals surface area contributed by atoms with Gasteiger partial charge >= 0.3 is 6.61 Å². The molecule has 1 heterocycles. The normalized spacial score (nSPS) is 11.0. The lowest BCUT2D eigenvalue weighted by molar-refractivity contribution is -0.0523. The van der Waals surface area contributed by atoms with Gasteiger partial charge in [0.15, 0.2) is 11.6 Å². The summed E-state index contributed by atoms with van der Waals surface area (Å²) in [6, 6.07) is 1.95. The Hall–Kier alpha value is -1.90. The summed E-state index contributed by atoms with van der Waals surface area (Å²) in [7, 11) is 0. The van der Waals surface area contributed by atoms with Crippen LogP contribution in [0.2, 0.25) is 0 Å². The number of nitrogens with two attached hydrogens (primary N) is 1. The highest BCUT2D eigenvalue weighted by atomic mass is 32.2. The van der Waals surface area contributed by atoms with Crippen LogP contribution in [0.5, 0.6) is 5.75 Å². The number of ether oxygens (including phenoxy) is 1. The number of aromatic nitrogens is 2. The van der Waals surface area contributed by atoms with E-state index < -0.39 is 18.2 Å². The Labute approximate surface area is 109 Å². The highest BCUT2D eigenvalue weighted by Crippen LogP contribution is 2.35. The van der Waals surface area contributed by atoms with Crippen molar-refractivity contribution >= 4 is 17.4 Å². The molecule has 102 valence electrons. The molecule has 0 aliphatic carbocycles. The third-order valence-electron chi connectivity index (χ3n) is 1.99. The average Bonchev–Trinajstić information content (AvgIpc) is 2.70. The van der Waals surface area contributed by atoms with Gasteiger partial charge in [0.1, 0.15) is 0 Å². The maximum absolute atomic E-state index is 13.3. The summed E-state index contributed by atoms with van der Waals surface area (Å²) < 4.78 is 46.7. The van der Waals surface area contributed by atoms with Crippen LogP contribution in [-0.4, -0.2) is 16.8 Å². The molecule has 0 radical (unpaired) electrons. The van der Waals surface area contributed by atoms with Gasteiger partial charge in [0, 0.05) is 23.6 Å². The smallest absolute Gasteiger partial charge is 0.387 e. The molecule has 1 aromatic carbocycles. The first kappa shape index (κ1) is 13.5. The van der Waals surface area contributed by atoms with E-state index in [0.717, 1.165) is 23.9 Å². The second-order valence-corrected chi connectivity index (χ2v) is 4.38. The van der Waals surface area contributed by atoms with Crippen LogP contribution in [0.15, 0.2) is 26.7 Å². The van der Waals surface area contributed by atoms with Crippen molar-refractivity contribution in [2.45, 2.75) is 23.7 Å². The lowest BCUT2D eigenvalue weighted by Crippen LogP contribution is -2.04. The highest BCUT2D eigenvalue weighted by molar-refractivity contribution is 7.99. The first-order chi connectivity index (χ1) is 8.95. The number of rotatable bonds is 4. The standard InChI is InChI=1S/C10H8F3N3O2S/c1-4-15-16-10(17-4)19-8-3-7(18-9(12)13)5(11)2-6(8)14/h2-3,9H,14H2,1H3. The number of alkyl halides is 2. The number of anilines is 1. The van der Waals surface area contributed by atoms with Gasteiger partial charge in [-0.15, -0.1) is 10.2 Å². The predicted molar refractivity (Wildman–Crippen MR) is 60.6 cm³/mol. The third kappa shape index (κ3) is 3.31. The third-order valence-corrected chi connectivity index (χ3v) is 2.90. The summed E-state index contributed by atoms with van der Waals surface area (Å²) in [6.45, 7) is -1.53. The summed E-state index contributed by atoms with van der Waals surface area (Å²) in [6.07, 6.45) is 0. The minimum atomic E-state index is -3.12. The van der Waals surface area contributed by atoms with Gasteiger partial charge in [-0.2, -0.15) is 8.78 Å². The molecule has 0 amide bonds. The fourth-order valence-corrected chi connectivity index (χ4v) is 2.01. The quantitative estimate of drug-likeness (QED) is 0.873. The van der Waals surface area contributed by atoms with Gasteiger partial charge in [-0.1, -0.05) is 0 Å². The van der Waals surface area contributed by atoms with Crippen molar-refractivity contribution in [3.63, 3.8) is 0 Å². The molecule has 0 bridgehead atoms. The number of hydrogen-bond donors (Lipinski definition) is 1. The first-order valence-electron chi connectivity index (χ1n) is 4.97. The summed E-state index contributed by atoms with van der Waals surface area (Å²) in [5.41, 5.74) is 5.64. The molecule has 5 nitrogen and oxygen atoms in total. The van der Waals surface area contributed by atoms with Crippen LogP contribution in [0.3, 0.4) is 0 Å². The van der Waals surface area contributed by atoms with Crippen molar-refractivity contribution in [1.82, 2.24) is 10.2 Å². The van der Waals surface area contributed by atoms with E-state index in [1.807, 2.05) is 0 Å². The fourth-order valence-electron chi connectivity index (χ4n) is 1.24. The van der Waals surface area contributed by atoms with Gasteiger partial charge in [-0.05, 0) is 17.8 Å². The zero-order chi connectivity index (χ0) is 14.0. The van der Waals surface area contributed by atoms with Crippen LogP contribution < -0.4 is 10.5 Å². The molecule has 2 rings (SSSR count). The van der Waals surface area contributed by atoms with Crippen LogP contribution >= 0.6 is 11.8 Å². The molecule has 0 saturated carbocycles. The summed E-state index contributed by atoms with van der Waals surface area (Å²) >= 11 is 0.928. The van der Waals surface area contributed by atoms with Gasteiger partial charge in [-0.3, -0.25) is 0 Å². The Morgan fingerprint density at radius 3 is 2.68 bits per heavy atom. The highest BCUT2D eigenvalue weighted by Gasteiger charge is 2.15. The second-order valence-electron chi connectivity index (χ2n) is 3.39. The molecule has 9 heteroatoms. The molecule has 2 aromatic rings. The minimum Gasteiger partial charge on any atom is -0.432 e. The molecule has 0 fully saturated rings. The van der Waals surface area contributed by atoms with E-state index in [2.05, 4.69) is 14.9 Å². The lowest BCUT2D eigenvalue weighted by atomic mass is 10.3. The predicted octanol–water partition coefficient (Wildman–Crippen LogP) is 2.85. The van der Waals surface area contributed by atoms with Crippen LogP contribution in [0.4, 0.5) is 18.9 Å². The Kier molecular flexibility index (Phi) is 3.84. The molecule has 1 aromatic heterocycles. The van der Waals surface area contributed by atoms with Gasteiger partial charge in [-0.25, -0.2) is 4.39 Å². The van der Waals surface area contributed by atoms with E-state index in [4.69, 9.17) is 10.2 Å². The lowest BCUT2D eigenvalue weighted by Gasteiger charge is -2.09. The van der Waals surface area contributed by atoms with Gasteiger partial charge in [0.25, 0.3) is 5.22 Å². The fraction of sp³-hybridized carbons (Fsp3) is 0.200. The maximum Gasteiger partial charge on any atom is 0.387 e. The first-order valence-corrected chi connectivity index (χ1v) is 5.79. The van der Waals surface area contributed by atoms with Crippen molar-refractivity contribution in [2.24, 2.45) is 0 Å². The number of nitrogens with zero attached hydrogens (tertiary/aromatic N) is 2. The van der Waals surface area contributed by atoms with E-state index in [1.165, 1.54) is 0 Å². The summed E-state index contributed by atoms with van der Waals surface area (Å²) in [4.78, 5) is 0.278. The van der Waals surface area contributed by atoms with E-state index in [9.17, 15) is 13.2 Å². The Balaban J connectivity index is 2.29. The second kappa shape index (κ2) is 5.39. The molecule has 0 unspecified atom stereocenters. The Morgan fingerprint density at radius 1 is 1.37 bits per heavy atom. The molecule has 0 aliphatic heterocycles. The molecule has 0 spiro atoms. The maximum atomic E-state index is 13.3. The number of benzene rings is 1. The summed E-state index contributed by atoms with van der Waals surface area (Å²) in [5.74, 6) is -1.22. The van der Waals surface area contributed by atoms with E-state index in [0.29, 0.717) is 5.89 Å². The van der Waals surface area contributed by atoms with Crippen molar-refractivity contribution in [3.05, 3.63) is 23.8 Å². The monoisotopic (exact) mass is 291 g/mol. The number of aryl methyl sites for hydroxylation is 1. The largest absolute Gasteiger partial charge is 0.432 e. The molecule has 2 N–H and O–H groups in total. The number of nitrogen functional groups attached to an aromatic ring is 1. The number of halogens is 3. The minimum absolute atomic E-state index is 0.0555. The van der Waals surface area contributed by atoms with Crippen molar-refractivity contribution < 1.29 is 22.3 Å². The number of hydrogen-bond acceptors (Lipinski definition) is 6. The zero-order valence-electron chi connectivity index (χ0n) is 9.56. The van der Waals surface area contributed by atoms with Crippen LogP contribution in [-0.2, 0) is 0 Å². The van der Waals surface area contributed by atoms with E-state index in [1.54, 1.807) is 6.92 Å². The summed E-state index contributed by atoms with van der Waals surface area (Å²) in [5, 5.41) is 7.47. The average molecular weight is 291 g/mol. The molecule has 19 heavy (non-hydrogen) atoms. The molecular formula is C10H8F3N3O2S. The SMILES string of the molecule is Cc1nnc(Sc2cc(OC(F)F)c(F)cc2N)o1. The van der Waals surface area contributed by atoms with E-state index >= 15 is 0 Å². The van der Waals surface area contributed by atoms with Crippen molar-refractivity contribution in [3.8, 4) is 5.75 Å². The Morgan fingerprint density at radius 2 is 2.11 bits per heavy atom. The molecule has 0 atom stereocenters. The van der Waals surface area contributed by atoms with E-state index in [-0.39, 0.29) is 15.8 Å². The Bertz CT molecular complexity index is 591. The molecule has 0 saturated heterocycles.